The molecule has 1 fully saturated rings. The van der Waals surface area contributed by atoms with Crippen LogP contribution in [0.4, 0.5) is 14.6 Å². The topological polar surface area (TPSA) is 28.2 Å². The molecule has 1 aromatic rings. The zero-order valence-corrected chi connectivity index (χ0v) is 12.2. The highest BCUT2D eigenvalue weighted by Gasteiger charge is 2.20. The number of nitrogens with one attached hydrogen (secondary N) is 1. The molecule has 1 aliphatic carbocycles. The van der Waals surface area contributed by atoms with Gasteiger partial charge in [0.25, 0.3) is 6.43 Å². The SMILES string of the molecule is CCCc1cc(CNC2CC2)cc(N(C)CC(F)F)n1. The Morgan fingerprint density at radius 3 is 2.75 bits per heavy atom. The van der Waals surface area contributed by atoms with Crippen molar-refractivity contribution < 1.29 is 8.78 Å². The Balaban J connectivity index is 2.10. The van der Waals surface area contributed by atoms with Crippen LogP contribution in [-0.4, -0.2) is 31.0 Å². The molecule has 1 aliphatic rings. The van der Waals surface area contributed by atoms with Crippen LogP contribution in [0.5, 0.6) is 0 Å². The van der Waals surface area contributed by atoms with E-state index in [2.05, 4.69) is 23.3 Å². The van der Waals surface area contributed by atoms with Crippen molar-refractivity contribution in [2.75, 3.05) is 18.5 Å². The molecule has 0 aliphatic heterocycles. The maximum Gasteiger partial charge on any atom is 0.255 e. The Morgan fingerprint density at radius 1 is 1.40 bits per heavy atom. The molecule has 2 rings (SSSR count). The van der Waals surface area contributed by atoms with E-state index in [1.807, 2.05) is 6.07 Å². The van der Waals surface area contributed by atoms with Crippen LogP contribution in [0.25, 0.3) is 0 Å². The van der Waals surface area contributed by atoms with Gasteiger partial charge in [0, 0.05) is 25.3 Å². The zero-order valence-electron chi connectivity index (χ0n) is 12.2. The fourth-order valence-corrected chi connectivity index (χ4v) is 2.17. The summed E-state index contributed by atoms with van der Waals surface area (Å²) >= 11 is 0. The number of nitrogens with zero attached hydrogens (tertiary/aromatic N) is 2. The minimum atomic E-state index is -2.34. The summed E-state index contributed by atoms with van der Waals surface area (Å²) in [6, 6.07) is 4.63. The molecule has 0 radical (unpaired) electrons. The van der Waals surface area contributed by atoms with Gasteiger partial charge in [-0.25, -0.2) is 13.8 Å². The normalized spacial score (nSPS) is 14.8. The fraction of sp³-hybridized carbons (Fsp3) is 0.667. The molecule has 1 aromatic heterocycles. The van der Waals surface area contributed by atoms with Gasteiger partial charge < -0.3 is 10.2 Å². The minimum absolute atomic E-state index is 0.280. The summed E-state index contributed by atoms with van der Waals surface area (Å²) < 4.78 is 25.0. The van der Waals surface area contributed by atoms with E-state index >= 15 is 0 Å². The molecule has 0 aromatic carbocycles. The van der Waals surface area contributed by atoms with Crippen molar-refractivity contribution in [2.45, 2.75) is 51.6 Å². The van der Waals surface area contributed by atoms with Crippen LogP contribution >= 0.6 is 0 Å². The van der Waals surface area contributed by atoms with E-state index in [-0.39, 0.29) is 6.54 Å². The molecule has 0 bridgehead atoms. The molecule has 1 heterocycles. The van der Waals surface area contributed by atoms with Gasteiger partial charge in [-0.1, -0.05) is 13.3 Å². The standard InChI is InChI=1S/C15H23F2N3/c1-3-4-13-7-11(9-18-12-5-6-12)8-15(19-13)20(2)10-14(16)17/h7-8,12,14,18H,3-6,9-10H2,1-2H3. The largest absolute Gasteiger partial charge is 0.354 e. The van der Waals surface area contributed by atoms with Crippen LogP contribution in [0, 0.1) is 0 Å². The van der Waals surface area contributed by atoms with Crippen LogP contribution in [-0.2, 0) is 13.0 Å². The van der Waals surface area contributed by atoms with Crippen molar-refractivity contribution in [3.63, 3.8) is 0 Å². The highest BCUT2D eigenvalue weighted by molar-refractivity contribution is 5.42. The van der Waals surface area contributed by atoms with E-state index < -0.39 is 6.43 Å². The maximum absolute atomic E-state index is 12.5. The van der Waals surface area contributed by atoms with Crippen molar-refractivity contribution in [2.24, 2.45) is 0 Å². The van der Waals surface area contributed by atoms with Gasteiger partial charge >= 0.3 is 0 Å². The quantitative estimate of drug-likeness (QED) is 0.795. The number of anilines is 1. The molecule has 3 nitrogen and oxygen atoms in total. The van der Waals surface area contributed by atoms with E-state index in [9.17, 15) is 8.78 Å². The summed E-state index contributed by atoms with van der Waals surface area (Å²) in [5.74, 6) is 0.642. The highest BCUT2D eigenvalue weighted by Crippen LogP contribution is 2.21. The number of hydrogen-bond acceptors (Lipinski definition) is 3. The molecule has 0 spiro atoms. The Kier molecular flexibility index (Phi) is 5.29. The predicted molar refractivity (Wildman–Crippen MR) is 77.4 cm³/mol. The van der Waals surface area contributed by atoms with Gasteiger partial charge in [-0.05, 0) is 37.0 Å². The molecule has 0 unspecified atom stereocenters. The number of rotatable bonds is 8. The monoisotopic (exact) mass is 283 g/mol. The average Bonchev–Trinajstić information content (AvgIpc) is 3.20. The molecule has 20 heavy (non-hydrogen) atoms. The van der Waals surface area contributed by atoms with Crippen LogP contribution in [0.3, 0.4) is 0 Å². The van der Waals surface area contributed by atoms with Gasteiger partial charge in [0.2, 0.25) is 0 Å². The van der Waals surface area contributed by atoms with Gasteiger partial charge in [-0.3, -0.25) is 0 Å². The van der Waals surface area contributed by atoms with Gasteiger partial charge in [0.15, 0.2) is 0 Å². The van der Waals surface area contributed by atoms with Gasteiger partial charge in [-0.2, -0.15) is 0 Å². The number of hydrogen-bond donors (Lipinski definition) is 1. The Morgan fingerprint density at radius 2 is 2.15 bits per heavy atom. The fourth-order valence-electron chi connectivity index (χ4n) is 2.17. The molecule has 1 N–H and O–H groups in total. The number of alkyl halides is 2. The predicted octanol–water partition coefficient (Wildman–Crippen LogP) is 2.99. The number of halogens is 2. The molecule has 1 saturated carbocycles. The lowest BCUT2D eigenvalue weighted by Gasteiger charge is -2.19. The van der Waals surface area contributed by atoms with E-state index in [0.29, 0.717) is 11.9 Å². The van der Waals surface area contributed by atoms with Crippen molar-refractivity contribution in [3.8, 4) is 0 Å². The second-order valence-electron chi connectivity index (χ2n) is 5.50. The highest BCUT2D eigenvalue weighted by atomic mass is 19.3. The summed E-state index contributed by atoms with van der Waals surface area (Å²) in [6.45, 7) is 2.61. The van der Waals surface area contributed by atoms with Crippen molar-refractivity contribution in [1.29, 1.82) is 0 Å². The first-order valence-electron chi connectivity index (χ1n) is 7.31. The summed E-state index contributed by atoms with van der Waals surface area (Å²) in [4.78, 5) is 6.02. The first-order chi connectivity index (χ1) is 9.58. The second kappa shape index (κ2) is 6.97. The van der Waals surface area contributed by atoms with Gasteiger partial charge in [-0.15, -0.1) is 0 Å². The molecule has 0 atom stereocenters. The van der Waals surface area contributed by atoms with E-state index in [1.54, 1.807) is 7.05 Å². The third-order valence-electron chi connectivity index (χ3n) is 3.41. The lowest BCUT2D eigenvalue weighted by molar-refractivity contribution is 0.156. The lowest BCUT2D eigenvalue weighted by atomic mass is 10.1. The van der Waals surface area contributed by atoms with Crippen LogP contribution < -0.4 is 10.2 Å². The second-order valence-corrected chi connectivity index (χ2v) is 5.50. The number of aromatic nitrogens is 1. The first kappa shape index (κ1) is 15.2. The zero-order chi connectivity index (χ0) is 14.5. The average molecular weight is 283 g/mol. The first-order valence-corrected chi connectivity index (χ1v) is 7.31. The van der Waals surface area contributed by atoms with E-state index in [0.717, 1.165) is 30.6 Å². The van der Waals surface area contributed by atoms with Crippen molar-refractivity contribution in [1.82, 2.24) is 10.3 Å². The summed E-state index contributed by atoms with van der Waals surface area (Å²) in [6.07, 6.45) is 2.03. The Labute approximate surface area is 119 Å². The molecular formula is C15H23F2N3. The Bertz CT molecular complexity index is 433. The van der Waals surface area contributed by atoms with E-state index in [1.165, 1.54) is 17.7 Å². The van der Waals surface area contributed by atoms with Gasteiger partial charge in [0.05, 0.1) is 6.54 Å². The van der Waals surface area contributed by atoms with Crippen LogP contribution in [0.15, 0.2) is 12.1 Å². The van der Waals surface area contributed by atoms with Crippen LogP contribution in [0.1, 0.15) is 37.4 Å². The van der Waals surface area contributed by atoms with Crippen LogP contribution in [0.2, 0.25) is 0 Å². The van der Waals surface area contributed by atoms with Crippen molar-refractivity contribution >= 4 is 5.82 Å². The third kappa shape index (κ3) is 4.71. The van der Waals surface area contributed by atoms with Crippen molar-refractivity contribution in [3.05, 3.63) is 23.4 Å². The number of pyridine rings is 1. The number of aryl methyl sites for hydroxylation is 1. The molecule has 5 heteroatoms. The summed E-state index contributed by atoms with van der Waals surface area (Å²) in [5, 5.41) is 3.45. The maximum atomic E-state index is 12.5. The lowest BCUT2D eigenvalue weighted by Crippen LogP contribution is -2.25. The molecule has 0 amide bonds. The Hall–Kier alpha value is -1.23. The van der Waals surface area contributed by atoms with E-state index in [4.69, 9.17) is 0 Å². The third-order valence-corrected chi connectivity index (χ3v) is 3.41. The molecule has 112 valence electrons. The smallest absolute Gasteiger partial charge is 0.255 e. The molecule has 0 saturated heterocycles. The summed E-state index contributed by atoms with van der Waals surface area (Å²) in [7, 11) is 1.67. The molecular weight excluding hydrogens is 260 g/mol. The van der Waals surface area contributed by atoms with Gasteiger partial charge in [0.1, 0.15) is 5.82 Å². The summed E-state index contributed by atoms with van der Waals surface area (Å²) in [5.41, 5.74) is 2.12. The minimum Gasteiger partial charge on any atom is -0.354 e.